The first-order valence-corrected chi connectivity index (χ1v) is 12.6. The number of nitrogens with one attached hydrogen (secondary N) is 1. The summed E-state index contributed by atoms with van der Waals surface area (Å²) in [5, 5.41) is 6.46. The van der Waals surface area contributed by atoms with E-state index in [1.165, 1.54) is 22.0 Å². The van der Waals surface area contributed by atoms with E-state index in [1.54, 1.807) is 0 Å². The third kappa shape index (κ3) is 6.37. The lowest BCUT2D eigenvalue weighted by Gasteiger charge is -2.23. The summed E-state index contributed by atoms with van der Waals surface area (Å²) in [5.74, 6) is -0.159. The van der Waals surface area contributed by atoms with E-state index in [4.69, 9.17) is 10.5 Å². The number of carbonyl (C=O) groups is 1. The van der Waals surface area contributed by atoms with Crippen LogP contribution in [0.15, 0.2) is 66.7 Å². The van der Waals surface area contributed by atoms with E-state index in [1.807, 2.05) is 12.1 Å². The molecule has 0 aromatic heterocycles. The first kappa shape index (κ1) is 24.2. The van der Waals surface area contributed by atoms with Crippen molar-refractivity contribution >= 4 is 22.4 Å². The number of carbonyl (C=O) groups excluding carboxylic acids is 1. The molecule has 1 fully saturated rings. The number of nitrogens with zero attached hydrogens (tertiary/aromatic N) is 1. The standard InChI is InChI=1S/C29H37N3O2/c1-22(27-11-7-9-24-8-3-4-10-28(24)27)31-25-16-18-32(21-25)26-14-12-23(13-15-26)20-29(33)34-19-6-2-5-17-30/h3-4,7-15,22,25,31H,2,5-6,16-21,30H2,1H3/t22-,25+/m1/s1. The Kier molecular flexibility index (Phi) is 8.56. The molecule has 0 radical (unpaired) electrons. The lowest BCUT2D eigenvalue weighted by molar-refractivity contribution is -0.142. The number of hydrogen-bond donors (Lipinski definition) is 2. The molecule has 0 bridgehead atoms. The fourth-order valence-electron chi connectivity index (χ4n) is 4.85. The zero-order chi connectivity index (χ0) is 23.8. The summed E-state index contributed by atoms with van der Waals surface area (Å²) in [4.78, 5) is 14.5. The molecule has 0 amide bonds. The van der Waals surface area contributed by atoms with E-state index in [-0.39, 0.29) is 5.97 Å². The zero-order valence-corrected chi connectivity index (χ0v) is 20.2. The summed E-state index contributed by atoms with van der Waals surface area (Å²) >= 11 is 0. The van der Waals surface area contributed by atoms with Crippen molar-refractivity contribution in [2.24, 2.45) is 5.73 Å². The molecular formula is C29H37N3O2. The predicted octanol–water partition coefficient (Wildman–Crippen LogP) is 4.98. The maximum Gasteiger partial charge on any atom is 0.310 e. The van der Waals surface area contributed by atoms with Gasteiger partial charge in [-0.1, -0.05) is 54.6 Å². The molecule has 0 saturated carbocycles. The van der Waals surface area contributed by atoms with E-state index >= 15 is 0 Å². The summed E-state index contributed by atoms with van der Waals surface area (Å²) in [6.45, 7) is 5.45. The Morgan fingerprint density at radius 3 is 2.68 bits per heavy atom. The van der Waals surface area contributed by atoms with Crippen LogP contribution in [0.2, 0.25) is 0 Å². The Balaban J connectivity index is 1.26. The minimum absolute atomic E-state index is 0.159. The van der Waals surface area contributed by atoms with E-state index in [9.17, 15) is 4.79 Å². The largest absolute Gasteiger partial charge is 0.465 e. The van der Waals surface area contributed by atoms with Crippen molar-refractivity contribution in [2.75, 3.05) is 31.1 Å². The first-order chi connectivity index (χ1) is 16.6. The van der Waals surface area contributed by atoms with E-state index < -0.39 is 0 Å². The highest BCUT2D eigenvalue weighted by Gasteiger charge is 2.24. The average Bonchev–Trinajstić information content (AvgIpc) is 3.32. The summed E-state index contributed by atoms with van der Waals surface area (Å²) in [6, 6.07) is 24.2. The fourth-order valence-corrected chi connectivity index (χ4v) is 4.85. The van der Waals surface area contributed by atoms with E-state index in [2.05, 4.69) is 71.7 Å². The number of esters is 1. The van der Waals surface area contributed by atoms with Crippen LogP contribution < -0.4 is 16.0 Å². The fraction of sp³-hybridized carbons (Fsp3) is 0.414. The summed E-state index contributed by atoms with van der Waals surface area (Å²) in [5.41, 5.74) is 9.04. The van der Waals surface area contributed by atoms with Crippen LogP contribution >= 0.6 is 0 Å². The van der Waals surface area contributed by atoms with Crippen molar-refractivity contribution in [2.45, 2.75) is 51.1 Å². The summed E-state index contributed by atoms with van der Waals surface area (Å²) < 4.78 is 5.34. The minimum Gasteiger partial charge on any atom is -0.465 e. The summed E-state index contributed by atoms with van der Waals surface area (Å²) in [7, 11) is 0. The van der Waals surface area contributed by atoms with Gasteiger partial charge in [-0.2, -0.15) is 0 Å². The summed E-state index contributed by atoms with van der Waals surface area (Å²) in [6.07, 6.45) is 4.31. The lowest BCUT2D eigenvalue weighted by Crippen LogP contribution is -2.34. The van der Waals surface area contributed by atoms with Crippen LogP contribution in [0, 0.1) is 0 Å². The second-order valence-corrected chi connectivity index (χ2v) is 9.30. The molecule has 1 saturated heterocycles. The minimum atomic E-state index is -0.159. The SMILES string of the molecule is C[C@@H](N[C@H]1CCN(c2ccc(CC(=O)OCCCCCN)cc2)C1)c1cccc2ccccc12. The monoisotopic (exact) mass is 459 g/mol. The Labute approximate surface area is 203 Å². The van der Waals surface area contributed by atoms with Gasteiger partial charge in [-0.25, -0.2) is 0 Å². The van der Waals surface area contributed by atoms with Crippen molar-refractivity contribution in [1.29, 1.82) is 0 Å². The van der Waals surface area contributed by atoms with Crippen molar-refractivity contribution in [3.63, 3.8) is 0 Å². The van der Waals surface area contributed by atoms with Gasteiger partial charge in [0.2, 0.25) is 0 Å². The molecule has 1 heterocycles. The van der Waals surface area contributed by atoms with Gasteiger partial charge in [0.05, 0.1) is 13.0 Å². The van der Waals surface area contributed by atoms with Crippen LogP contribution in [-0.2, 0) is 16.0 Å². The van der Waals surface area contributed by atoms with E-state index in [0.717, 1.165) is 44.3 Å². The van der Waals surface area contributed by atoms with Gasteiger partial charge >= 0.3 is 5.97 Å². The highest BCUT2D eigenvalue weighted by atomic mass is 16.5. The van der Waals surface area contributed by atoms with Crippen LogP contribution in [0.1, 0.15) is 49.8 Å². The van der Waals surface area contributed by atoms with Crippen molar-refractivity contribution < 1.29 is 9.53 Å². The molecule has 0 unspecified atom stereocenters. The number of rotatable bonds is 11. The normalized spacial score (nSPS) is 16.6. The molecule has 0 spiro atoms. The van der Waals surface area contributed by atoms with Crippen molar-refractivity contribution in [1.82, 2.24) is 5.32 Å². The van der Waals surface area contributed by atoms with Gasteiger partial charge in [-0.15, -0.1) is 0 Å². The number of hydrogen-bond acceptors (Lipinski definition) is 5. The topological polar surface area (TPSA) is 67.6 Å². The molecule has 180 valence electrons. The van der Waals surface area contributed by atoms with Crippen LogP contribution in [0.25, 0.3) is 10.8 Å². The molecule has 34 heavy (non-hydrogen) atoms. The average molecular weight is 460 g/mol. The van der Waals surface area contributed by atoms with Crippen LogP contribution in [0.3, 0.4) is 0 Å². The molecule has 2 atom stereocenters. The van der Waals surface area contributed by atoms with Gasteiger partial charge in [0.25, 0.3) is 0 Å². The molecule has 5 heteroatoms. The second-order valence-electron chi connectivity index (χ2n) is 9.30. The molecule has 3 aromatic carbocycles. The third-order valence-corrected chi connectivity index (χ3v) is 6.73. The molecule has 4 rings (SSSR count). The molecule has 3 N–H and O–H groups in total. The highest BCUT2D eigenvalue weighted by molar-refractivity contribution is 5.86. The zero-order valence-electron chi connectivity index (χ0n) is 20.2. The quantitative estimate of drug-likeness (QED) is 0.313. The molecule has 3 aromatic rings. The molecule has 5 nitrogen and oxygen atoms in total. The van der Waals surface area contributed by atoms with Gasteiger partial charge in [0, 0.05) is 30.9 Å². The van der Waals surface area contributed by atoms with E-state index in [0.29, 0.717) is 31.7 Å². The molecule has 0 aliphatic carbocycles. The van der Waals surface area contributed by atoms with Gasteiger partial charge < -0.3 is 20.7 Å². The van der Waals surface area contributed by atoms with Crippen LogP contribution in [0.4, 0.5) is 5.69 Å². The molecular weight excluding hydrogens is 422 g/mol. The third-order valence-electron chi connectivity index (χ3n) is 6.73. The van der Waals surface area contributed by atoms with Gasteiger partial charge in [-0.3, -0.25) is 4.79 Å². The van der Waals surface area contributed by atoms with Gasteiger partial charge in [-0.05, 0) is 73.2 Å². The van der Waals surface area contributed by atoms with Crippen LogP contribution in [0.5, 0.6) is 0 Å². The Bertz CT molecular complexity index is 1060. The number of ether oxygens (including phenoxy) is 1. The maximum absolute atomic E-state index is 12.1. The number of unbranched alkanes of at least 4 members (excludes halogenated alkanes) is 2. The highest BCUT2D eigenvalue weighted by Crippen LogP contribution is 2.27. The lowest BCUT2D eigenvalue weighted by atomic mass is 9.99. The molecule has 1 aliphatic heterocycles. The second kappa shape index (κ2) is 12.0. The first-order valence-electron chi connectivity index (χ1n) is 12.6. The molecule has 1 aliphatic rings. The van der Waals surface area contributed by atoms with Crippen molar-refractivity contribution in [3.8, 4) is 0 Å². The Morgan fingerprint density at radius 2 is 1.85 bits per heavy atom. The number of benzene rings is 3. The van der Waals surface area contributed by atoms with Gasteiger partial charge in [0.1, 0.15) is 0 Å². The Morgan fingerprint density at radius 1 is 1.06 bits per heavy atom. The predicted molar refractivity (Wildman–Crippen MR) is 140 cm³/mol. The number of nitrogens with two attached hydrogens (primary N) is 1. The number of anilines is 1. The van der Waals surface area contributed by atoms with Crippen LogP contribution in [-0.4, -0.2) is 38.3 Å². The van der Waals surface area contributed by atoms with Crippen molar-refractivity contribution in [3.05, 3.63) is 77.9 Å². The van der Waals surface area contributed by atoms with Gasteiger partial charge in [0.15, 0.2) is 0 Å². The number of fused-ring (bicyclic) bond motifs is 1. The smallest absolute Gasteiger partial charge is 0.310 e. The maximum atomic E-state index is 12.1. The Hall–Kier alpha value is -2.89.